The molecule has 2 aromatic carbocycles. The molecule has 10 nitrogen and oxygen atoms in total. The minimum absolute atomic E-state index is 0. The van der Waals surface area contributed by atoms with Crippen LogP contribution in [0.2, 0.25) is 0 Å². The van der Waals surface area contributed by atoms with Gasteiger partial charge in [0.25, 0.3) is 0 Å². The molecular weight excluding hydrogens is 942 g/mol. The van der Waals surface area contributed by atoms with Crippen LogP contribution >= 0.6 is 0 Å². The molecule has 0 aliphatic heterocycles. The number of halogens is 1. The van der Waals surface area contributed by atoms with Crippen LogP contribution in [0.25, 0.3) is 22.2 Å². The van der Waals surface area contributed by atoms with Crippen LogP contribution in [0.4, 0.5) is 21.7 Å². The Morgan fingerprint density at radius 1 is 0.978 bits per heavy atom. The molecule has 0 bridgehead atoms. The molecule has 0 aliphatic carbocycles. The van der Waals surface area contributed by atoms with Crippen molar-refractivity contribution in [2.24, 2.45) is 7.05 Å². The number of para-hydroxylation sites is 1. The number of ether oxygens (including phenoxy) is 2. The first kappa shape index (κ1) is 69.3. The van der Waals surface area contributed by atoms with Gasteiger partial charge in [-0.1, -0.05) is 18.2 Å². The van der Waals surface area contributed by atoms with E-state index in [0.717, 1.165) is 23.0 Å². The van der Waals surface area contributed by atoms with Gasteiger partial charge in [0.05, 0.1) is 30.5 Å². The monoisotopic (exact) mass is 959 g/mol. The maximum atomic E-state index is 14.0. The third-order valence-electron chi connectivity index (χ3n) is 5.06. The molecule has 1 N–H and O–H groups in total. The fraction of sp³-hybridized carbons (Fsp3) is 0.136. The number of aromatic nitrogens is 3. The van der Waals surface area contributed by atoms with Gasteiger partial charge in [-0.3, -0.25) is 10.1 Å². The molecular formula is C22H19FK13N5O5. The SMILES string of the molecule is COC(=O)c1cnc(Nc2cc([N+](=O)[O-])c(F)cc2OC)nc1-c1cn(C)c2ccccc12.[H-].[K+].[K][K].[K][K].[K][K].[K][K].[K][K].[K][K]. The number of nitrogens with one attached hydrogen (secondary N) is 1. The number of hydrogen-bond acceptors (Lipinski definition) is 8. The molecule has 0 radical (unpaired) electrons. The number of esters is 1. The normalized spacial score (nSPS) is 8.78. The van der Waals surface area contributed by atoms with Crippen molar-refractivity contribution in [3.63, 3.8) is 0 Å². The van der Waals surface area contributed by atoms with E-state index in [1.807, 2.05) is 42.1 Å². The van der Waals surface area contributed by atoms with Crippen molar-refractivity contribution in [3.8, 4) is 17.0 Å². The first-order valence-corrected chi connectivity index (χ1v) is 112. The molecule has 0 amide bonds. The predicted octanol–water partition coefficient (Wildman–Crippen LogP) is -3.23. The van der Waals surface area contributed by atoms with Crippen molar-refractivity contribution in [1.29, 1.82) is 0 Å². The van der Waals surface area contributed by atoms with E-state index in [1.165, 1.54) is 399 Å². The molecule has 24 heteroatoms. The van der Waals surface area contributed by atoms with Crippen LogP contribution < -0.4 is 61.4 Å². The molecule has 2 heterocycles. The van der Waals surface area contributed by atoms with Crippen molar-refractivity contribution in [2.45, 2.75) is 0 Å². The number of hydrogen-bond donors (Lipinski definition) is 1. The molecule has 4 aromatic rings. The van der Waals surface area contributed by atoms with Gasteiger partial charge in [0.15, 0.2) is 0 Å². The van der Waals surface area contributed by atoms with E-state index in [4.69, 9.17) is 9.47 Å². The Morgan fingerprint density at radius 2 is 1.52 bits per heavy atom. The van der Waals surface area contributed by atoms with E-state index < -0.39 is 22.4 Å². The van der Waals surface area contributed by atoms with Crippen molar-refractivity contribution in [1.82, 2.24) is 14.5 Å². The fourth-order valence-corrected chi connectivity index (χ4v) is 3.51. The molecule has 4 rings (SSSR count). The van der Waals surface area contributed by atoms with Crippen molar-refractivity contribution in [3.05, 3.63) is 70.3 Å². The van der Waals surface area contributed by atoms with Crippen LogP contribution in [0.1, 0.15) is 11.8 Å². The zero-order valence-corrected chi connectivity index (χ0v) is 71.4. The molecule has 0 spiro atoms. The number of benzene rings is 2. The summed E-state index contributed by atoms with van der Waals surface area (Å²) in [6.45, 7) is 0. The first-order valence-electron chi connectivity index (χ1n) is 15.6. The molecule has 2 aromatic heterocycles. The maximum absolute atomic E-state index is 14.0. The van der Waals surface area contributed by atoms with Crippen molar-refractivity contribution in [2.75, 3.05) is 19.5 Å². The zero-order valence-electron chi connectivity index (χ0n) is 31.8. The van der Waals surface area contributed by atoms with Crippen molar-refractivity contribution < 1.29 is 76.4 Å². The zero-order chi connectivity index (χ0) is 35.7. The molecule has 182 valence electrons. The van der Waals surface area contributed by atoms with Gasteiger partial charge in [0, 0.05) is 48.0 Å². The molecule has 0 unspecified atom stereocenters. The molecule has 0 saturated carbocycles. The summed E-state index contributed by atoms with van der Waals surface area (Å²) >= 11 is 15.0. The van der Waals surface area contributed by atoms with Gasteiger partial charge in [-0.2, -0.15) is 4.39 Å². The van der Waals surface area contributed by atoms with E-state index in [-0.39, 0.29) is 75.8 Å². The second-order valence-corrected chi connectivity index (χ2v) is 7.00. The Kier molecular flexibility index (Phi) is 72.6. The van der Waals surface area contributed by atoms with E-state index in [1.54, 1.807) is 0 Å². The van der Waals surface area contributed by atoms with Gasteiger partial charge in [-0.05, 0) is 6.07 Å². The van der Waals surface area contributed by atoms with Gasteiger partial charge in [0.1, 0.15) is 11.3 Å². The summed E-state index contributed by atoms with van der Waals surface area (Å²) in [7, 11) is 4.42. The van der Waals surface area contributed by atoms with Gasteiger partial charge >= 0.3 is 442 Å². The quantitative estimate of drug-likeness (QED) is 0.0929. The Hall–Kier alpha value is 16.7. The summed E-state index contributed by atoms with van der Waals surface area (Å²) in [6, 6.07) is 9.48. The average Bonchev–Trinajstić information content (AvgIpc) is 3.46. The van der Waals surface area contributed by atoms with Crippen LogP contribution in [0.3, 0.4) is 0 Å². The Labute approximate surface area is 586 Å². The topological polar surface area (TPSA) is 121 Å². The number of carbonyl (C=O) groups is 1. The number of methoxy groups -OCH3 is 2. The van der Waals surface area contributed by atoms with Crippen LogP contribution in [0.15, 0.2) is 48.8 Å². The van der Waals surface area contributed by atoms with Crippen LogP contribution in [0, 0.1) is 15.9 Å². The number of nitro groups is 1. The van der Waals surface area contributed by atoms with Crippen LogP contribution in [0.5, 0.6) is 5.75 Å². The molecule has 0 atom stereocenters. The second kappa shape index (κ2) is 48.2. The molecule has 46 heavy (non-hydrogen) atoms. The van der Waals surface area contributed by atoms with Gasteiger partial charge in [0.2, 0.25) is 11.8 Å². The van der Waals surface area contributed by atoms with Gasteiger partial charge < -0.3 is 20.8 Å². The number of carbonyl (C=O) groups excluding carboxylic acids is 1. The number of nitro benzene ring substituents is 1. The number of nitrogens with zero attached hydrogens (tertiary/aromatic N) is 4. The number of rotatable bonds is 6. The standard InChI is InChI=1S/C22H18FN5O5.13K.H/c1-27-11-14(12-6-4-5-7-17(12)27)20-13(21(29)33-3)10-24-22(26-20)25-16-9-18(28(30)31)15(23)8-19(16)32-2;;;;;;;;;;;;;;/h4-11H,1-3H3,(H,24,25,26);;;;;;;;;;;;;;/q;;;;;;;;;;;;;+1;-1. The predicted molar refractivity (Wildman–Crippen MR) is 188 cm³/mol. The Balaban J connectivity index is -0.000000379. The minimum atomic E-state index is -1.04. The van der Waals surface area contributed by atoms with E-state index in [2.05, 4.69) is 15.3 Å². The van der Waals surface area contributed by atoms with Crippen molar-refractivity contribution >= 4 is 413 Å². The molecule has 0 aliphatic rings. The number of aryl methyl sites for hydroxylation is 1. The summed E-state index contributed by atoms with van der Waals surface area (Å²) in [6.07, 6.45) is 3.12. The van der Waals surface area contributed by atoms with Gasteiger partial charge in [-0.15, -0.1) is 0 Å². The van der Waals surface area contributed by atoms with E-state index in [0.29, 0.717) is 11.3 Å². The summed E-state index contributed by atoms with van der Waals surface area (Å²) in [5, 5.41) is 14.8. The van der Waals surface area contributed by atoms with E-state index in [9.17, 15) is 19.3 Å². The number of anilines is 2. The third kappa shape index (κ3) is 27.5. The Bertz CT molecular complexity index is 1450. The van der Waals surface area contributed by atoms with Gasteiger partial charge in [-0.25, -0.2) is 14.8 Å². The van der Waals surface area contributed by atoms with Crippen LogP contribution in [-0.4, -0.2) is 419 Å². The average molecular weight is 961 g/mol. The first-order chi connectivity index (χ1) is 21.8. The fourth-order valence-electron chi connectivity index (χ4n) is 3.51. The summed E-state index contributed by atoms with van der Waals surface area (Å²) < 4.78 is 25.9. The summed E-state index contributed by atoms with van der Waals surface area (Å²) in [5.74, 6) is -1.63. The third-order valence-corrected chi connectivity index (χ3v) is 5.06. The second-order valence-electron chi connectivity index (χ2n) is 7.00. The number of fused-ring (bicyclic) bond motifs is 1. The summed E-state index contributed by atoms with van der Waals surface area (Å²) in [4.78, 5) is 31.4. The molecule has 0 fully saturated rings. The Morgan fingerprint density at radius 3 is 2.02 bits per heavy atom. The molecule has 0 saturated heterocycles. The summed E-state index contributed by atoms with van der Waals surface area (Å²) in [5.41, 5.74) is 1.37. The van der Waals surface area contributed by atoms with E-state index >= 15 is 0 Å². The van der Waals surface area contributed by atoms with Crippen LogP contribution in [-0.2, 0) is 11.8 Å².